The van der Waals surface area contributed by atoms with Gasteiger partial charge in [0, 0.05) is 55.1 Å². The number of amides is 2. The van der Waals surface area contributed by atoms with Crippen LogP contribution in [0.2, 0.25) is 0 Å². The minimum absolute atomic E-state index is 0.0671. The van der Waals surface area contributed by atoms with E-state index < -0.39 is 11.6 Å². The van der Waals surface area contributed by atoms with Crippen molar-refractivity contribution in [3.63, 3.8) is 0 Å². The van der Waals surface area contributed by atoms with Crippen molar-refractivity contribution in [2.45, 2.75) is 45.1 Å². The van der Waals surface area contributed by atoms with Gasteiger partial charge in [0.25, 0.3) is 11.5 Å². The first-order valence-electron chi connectivity index (χ1n) is 13.2. The summed E-state index contributed by atoms with van der Waals surface area (Å²) in [6, 6.07) is 7.55. The summed E-state index contributed by atoms with van der Waals surface area (Å²) < 4.78 is 1.92. The molecule has 10 nitrogen and oxygen atoms in total. The van der Waals surface area contributed by atoms with Crippen LogP contribution >= 0.6 is 11.8 Å². The minimum Gasteiger partial charge on any atom is -0.465 e. The molecule has 202 valence electrons. The van der Waals surface area contributed by atoms with E-state index in [1.165, 1.54) is 4.90 Å². The van der Waals surface area contributed by atoms with Crippen LogP contribution in [0.15, 0.2) is 35.3 Å². The van der Waals surface area contributed by atoms with Crippen LogP contribution in [0.25, 0.3) is 10.9 Å². The first-order chi connectivity index (χ1) is 18.4. The Morgan fingerprint density at radius 1 is 1.11 bits per heavy atom. The summed E-state index contributed by atoms with van der Waals surface area (Å²) in [5.74, 6) is 2.44. The number of pyridine rings is 1. The second-order valence-electron chi connectivity index (χ2n) is 9.93. The zero-order chi connectivity index (χ0) is 26.9. The van der Waals surface area contributed by atoms with Crippen molar-refractivity contribution < 1.29 is 14.7 Å². The molecule has 11 heteroatoms. The predicted molar refractivity (Wildman–Crippen MR) is 150 cm³/mol. The third-order valence-electron chi connectivity index (χ3n) is 7.95. The molecule has 3 aromatic rings. The van der Waals surface area contributed by atoms with Crippen molar-refractivity contribution in [3.8, 4) is 0 Å². The number of aromatic nitrogens is 3. The van der Waals surface area contributed by atoms with Gasteiger partial charge in [-0.15, -0.1) is 0 Å². The van der Waals surface area contributed by atoms with Gasteiger partial charge in [0.2, 0.25) is 0 Å². The van der Waals surface area contributed by atoms with E-state index in [-0.39, 0.29) is 11.5 Å². The highest BCUT2D eigenvalue weighted by Crippen LogP contribution is 2.37. The summed E-state index contributed by atoms with van der Waals surface area (Å²) in [6.07, 6.45) is 3.40. The lowest BCUT2D eigenvalue weighted by molar-refractivity contribution is 0.0770. The quantitative estimate of drug-likeness (QED) is 0.432. The molecule has 3 N–H and O–H groups in total. The number of carboxylic acid groups (broad SMARTS) is 1. The Morgan fingerprint density at radius 2 is 1.84 bits per heavy atom. The van der Waals surface area contributed by atoms with E-state index in [4.69, 9.17) is 5.10 Å². The molecule has 2 saturated heterocycles. The van der Waals surface area contributed by atoms with Crippen molar-refractivity contribution in [2.75, 3.05) is 43.0 Å². The first-order valence-corrected chi connectivity index (χ1v) is 14.4. The van der Waals surface area contributed by atoms with Crippen LogP contribution in [0, 0.1) is 0 Å². The van der Waals surface area contributed by atoms with E-state index in [9.17, 15) is 19.5 Å². The van der Waals surface area contributed by atoms with Crippen LogP contribution in [-0.2, 0) is 12.0 Å². The van der Waals surface area contributed by atoms with Crippen LogP contribution in [0.1, 0.15) is 49.0 Å². The molecule has 2 aromatic heterocycles. The highest BCUT2D eigenvalue weighted by atomic mass is 32.2. The number of carbonyl (C=O) groups is 2. The number of fused-ring (bicyclic) bond motifs is 1. The van der Waals surface area contributed by atoms with Gasteiger partial charge in [-0.3, -0.25) is 14.3 Å². The third kappa shape index (κ3) is 4.75. The number of hydrogen-bond acceptors (Lipinski definition) is 6. The number of H-pyrrole nitrogens is 1. The molecule has 0 unspecified atom stereocenters. The fourth-order valence-electron chi connectivity index (χ4n) is 5.60. The van der Waals surface area contributed by atoms with E-state index in [1.807, 2.05) is 52.5 Å². The average molecular weight is 539 g/mol. The Hall–Kier alpha value is -3.47. The van der Waals surface area contributed by atoms with E-state index >= 15 is 0 Å². The number of hydrogen-bond donors (Lipinski definition) is 3. The van der Waals surface area contributed by atoms with Gasteiger partial charge < -0.3 is 25.2 Å². The third-order valence-corrected chi connectivity index (χ3v) is 8.90. The lowest BCUT2D eigenvalue weighted by atomic mass is 9.85. The maximum Gasteiger partial charge on any atom is 0.407 e. The van der Waals surface area contributed by atoms with Gasteiger partial charge in [0.15, 0.2) is 5.82 Å². The standard InChI is InChI=1S/C27H34N6O4S/c1-3-18-17-19(5-6-20(18)25(35)31-13-15-38-16-14-31)29-23-22-21(7-10-28-24(22)34)33(30-23)27(4-2)8-11-32(12-9-27)26(36)37/h5-7,10,17H,3-4,8-9,11-16H2,1-2H3,(H,28,34)(H,29,30)(H,36,37). The normalized spacial score (nSPS) is 17.5. The SMILES string of the molecule is CCc1cc(Nc2nn(C3(CC)CCN(C(=O)O)CC3)c3cc[nH]c(=O)c23)ccc1C(=O)N1CCSCC1. The lowest BCUT2D eigenvalue weighted by Gasteiger charge is -2.41. The number of aromatic amines is 1. The predicted octanol–water partition coefficient (Wildman–Crippen LogP) is 4.10. The number of thioether (sulfide) groups is 1. The van der Waals surface area contributed by atoms with E-state index in [0.717, 1.165) is 42.3 Å². The monoisotopic (exact) mass is 538 g/mol. The summed E-state index contributed by atoms with van der Waals surface area (Å²) in [4.78, 5) is 43.8. The van der Waals surface area contributed by atoms with Gasteiger partial charge in [0.1, 0.15) is 5.39 Å². The topological polar surface area (TPSA) is 124 Å². The molecule has 0 saturated carbocycles. The fraction of sp³-hybridized carbons (Fsp3) is 0.481. The summed E-state index contributed by atoms with van der Waals surface area (Å²) in [7, 11) is 0. The van der Waals surface area contributed by atoms with Crippen LogP contribution in [0.3, 0.4) is 0 Å². The van der Waals surface area contributed by atoms with Gasteiger partial charge in [-0.2, -0.15) is 16.9 Å². The summed E-state index contributed by atoms with van der Waals surface area (Å²) in [6.45, 7) is 6.48. The van der Waals surface area contributed by atoms with E-state index in [0.29, 0.717) is 54.6 Å². The molecule has 4 heterocycles. The minimum atomic E-state index is -0.911. The Bertz CT molecular complexity index is 1400. The highest BCUT2D eigenvalue weighted by Gasteiger charge is 2.38. The Morgan fingerprint density at radius 3 is 2.50 bits per heavy atom. The van der Waals surface area contributed by atoms with Gasteiger partial charge in [-0.25, -0.2) is 4.79 Å². The smallest absolute Gasteiger partial charge is 0.407 e. The number of aryl methyl sites for hydroxylation is 1. The molecule has 38 heavy (non-hydrogen) atoms. The number of anilines is 2. The molecule has 0 bridgehead atoms. The molecule has 1 aromatic carbocycles. The largest absolute Gasteiger partial charge is 0.465 e. The number of nitrogens with one attached hydrogen (secondary N) is 2. The second-order valence-corrected chi connectivity index (χ2v) is 11.2. The molecule has 0 spiro atoms. The van der Waals surface area contributed by atoms with Gasteiger partial charge in [-0.1, -0.05) is 13.8 Å². The summed E-state index contributed by atoms with van der Waals surface area (Å²) in [5, 5.41) is 18.1. The number of likely N-dealkylation sites (tertiary alicyclic amines) is 1. The second kappa shape index (κ2) is 10.7. The maximum absolute atomic E-state index is 13.2. The molecule has 2 fully saturated rings. The summed E-state index contributed by atoms with van der Waals surface area (Å²) in [5.41, 5.74) is 2.50. The molecule has 0 atom stereocenters. The molecule has 2 aliphatic rings. The number of rotatable bonds is 6. The number of piperidine rings is 1. The Labute approximate surface area is 225 Å². The van der Waals surface area contributed by atoms with E-state index in [2.05, 4.69) is 17.2 Å². The molecule has 2 amide bonds. The average Bonchev–Trinajstić information content (AvgIpc) is 3.33. The van der Waals surface area contributed by atoms with Crippen molar-refractivity contribution >= 4 is 46.2 Å². The summed E-state index contributed by atoms with van der Waals surface area (Å²) >= 11 is 1.87. The number of nitrogens with zero attached hydrogens (tertiary/aromatic N) is 4. The number of carbonyl (C=O) groups excluding carboxylic acids is 1. The molecule has 5 rings (SSSR count). The zero-order valence-electron chi connectivity index (χ0n) is 21.8. The van der Waals surface area contributed by atoms with Crippen LogP contribution in [0.5, 0.6) is 0 Å². The zero-order valence-corrected chi connectivity index (χ0v) is 22.6. The van der Waals surface area contributed by atoms with Gasteiger partial charge in [0.05, 0.1) is 11.1 Å². The maximum atomic E-state index is 13.2. The molecular weight excluding hydrogens is 504 g/mol. The molecule has 0 radical (unpaired) electrons. The van der Waals surface area contributed by atoms with Crippen LogP contribution < -0.4 is 10.9 Å². The molecule has 2 aliphatic heterocycles. The molecular formula is C27H34N6O4S. The van der Waals surface area contributed by atoms with Crippen molar-refractivity contribution in [3.05, 3.63) is 51.9 Å². The lowest BCUT2D eigenvalue weighted by Crippen LogP contribution is -2.47. The van der Waals surface area contributed by atoms with Crippen LogP contribution in [-0.4, -0.2) is 79.4 Å². The number of benzene rings is 1. The Balaban J connectivity index is 1.49. The van der Waals surface area contributed by atoms with Crippen LogP contribution in [0.4, 0.5) is 16.3 Å². The van der Waals surface area contributed by atoms with Gasteiger partial charge in [-0.05, 0) is 55.5 Å². The first kappa shape index (κ1) is 26.1. The molecule has 0 aliphatic carbocycles. The fourth-order valence-corrected chi connectivity index (χ4v) is 6.50. The Kier molecular flexibility index (Phi) is 7.38. The van der Waals surface area contributed by atoms with Crippen molar-refractivity contribution in [2.24, 2.45) is 0 Å². The van der Waals surface area contributed by atoms with Crippen molar-refractivity contribution in [1.82, 2.24) is 24.6 Å². The van der Waals surface area contributed by atoms with Crippen molar-refractivity contribution in [1.29, 1.82) is 0 Å². The van der Waals surface area contributed by atoms with Gasteiger partial charge >= 0.3 is 6.09 Å². The highest BCUT2D eigenvalue weighted by molar-refractivity contribution is 7.99. The van der Waals surface area contributed by atoms with E-state index in [1.54, 1.807) is 6.20 Å².